The summed E-state index contributed by atoms with van der Waals surface area (Å²) >= 11 is 0. The fraction of sp³-hybridized carbons (Fsp3) is 0.394. The van der Waals surface area contributed by atoms with Gasteiger partial charge in [-0.05, 0) is 75.3 Å². The molecular weight excluding hydrogens is 554 g/mol. The van der Waals surface area contributed by atoms with Gasteiger partial charge in [-0.15, -0.1) is 0 Å². The number of anilines is 3. The summed E-state index contributed by atoms with van der Waals surface area (Å²) in [7, 11) is 0. The molecular formula is C33H47N9O2. The molecule has 2 heterocycles. The second-order valence-corrected chi connectivity index (χ2v) is 11.3. The van der Waals surface area contributed by atoms with Gasteiger partial charge >= 0.3 is 5.97 Å². The number of carboxylic acids is 1. The summed E-state index contributed by atoms with van der Waals surface area (Å²) in [4.78, 5) is 13.2. The van der Waals surface area contributed by atoms with Crippen molar-refractivity contribution in [1.29, 1.82) is 5.26 Å². The zero-order valence-corrected chi connectivity index (χ0v) is 26.8. The Bertz CT molecular complexity index is 1480. The van der Waals surface area contributed by atoms with Crippen molar-refractivity contribution in [2.24, 2.45) is 0 Å². The molecule has 11 heteroatoms. The van der Waals surface area contributed by atoms with Crippen LogP contribution in [0.2, 0.25) is 0 Å². The molecule has 7 N–H and O–H groups in total. The van der Waals surface area contributed by atoms with Crippen molar-refractivity contribution in [2.45, 2.75) is 66.2 Å². The molecule has 44 heavy (non-hydrogen) atoms. The quantitative estimate of drug-likeness (QED) is 0.182. The van der Waals surface area contributed by atoms with Gasteiger partial charge in [-0.3, -0.25) is 0 Å². The van der Waals surface area contributed by atoms with E-state index >= 15 is 0 Å². The van der Waals surface area contributed by atoms with Crippen LogP contribution in [0.4, 0.5) is 17.3 Å². The highest BCUT2D eigenvalue weighted by Crippen LogP contribution is 2.32. The van der Waals surface area contributed by atoms with Crippen molar-refractivity contribution in [1.82, 2.24) is 24.5 Å². The maximum absolute atomic E-state index is 10.7. The molecule has 0 radical (unpaired) electrons. The standard InChI is InChI=1S/C13H18N4.C11H8N4O2.C9H21N/c1-13(2,3)11-10(14)12(15)17(16-11)9-7-5-4-6-8-9;12-5-8-6-14-15(10(8)13)9-3-1-7(2-4-9)11(16)17;1-4-7-10(8-5-2)9-6-3/h4-8H,14-15H2,1-3H3;1-4,6H,13H2,(H,16,17);4-9H2,1-3H3. The number of nitrogen functional groups attached to an aromatic ring is 3. The molecule has 0 saturated carbocycles. The van der Waals surface area contributed by atoms with Crippen LogP contribution in [0.5, 0.6) is 0 Å². The average molecular weight is 602 g/mol. The van der Waals surface area contributed by atoms with Gasteiger partial charge in [-0.25, -0.2) is 14.2 Å². The maximum atomic E-state index is 10.7. The van der Waals surface area contributed by atoms with Crippen LogP contribution in [-0.4, -0.2) is 55.2 Å². The maximum Gasteiger partial charge on any atom is 0.335 e. The van der Waals surface area contributed by atoms with Crippen LogP contribution in [0.25, 0.3) is 11.4 Å². The number of nitriles is 1. The van der Waals surface area contributed by atoms with Gasteiger partial charge in [-0.1, -0.05) is 59.7 Å². The number of carbonyl (C=O) groups is 1. The second-order valence-electron chi connectivity index (χ2n) is 11.3. The van der Waals surface area contributed by atoms with Gasteiger partial charge in [0.15, 0.2) is 5.82 Å². The topological polar surface area (TPSA) is 178 Å². The van der Waals surface area contributed by atoms with Crippen molar-refractivity contribution in [3.8, 4) is 17.4 Å². The van der Waals surface area contributed by atoms with Crippen molar-refractivity contribution in [2.75, 3.05) is 36.8 Å². The number of hydrogen-bond acceptors (Lipinski definition) is 8. The number of para-hydroxylation sites is 1. The Hall–Kier alpha value is -4.82. The molecule has 11 nitrogen and oxygen atoms in total. The first-order valence-electron chi connectivity index (χ1n) is 14.9. The lowest BCUT2D eigenvalue weighted by Crippen LogP contribution is -2.25. The predicted molar refractivity (Wildman–Crippen MR) is 178 cm³/mol. The molecule has 236 valence electrons. The lowest BCUT2D eigenvalue weighted by molar-refractivity contribution is 0.0697. The molecule has 0 atom stereocenters. The highest BCUT2D eigenvalue weighted by atomic mass is 16.4. The van der Waals surface area contributed by atoms with Crippen LogP contribution < -0.4 is 17.2 Å². The molecule has 0 bridgehead atoms. The van der Waals surface area contributed by atoms with E-state index in [1.807, 2.05) is 36.4 Å². The van der Waals surface area contributed by atoms with Gasteiger partial charge in [0.2, 0.25) is 0 Å². The van der Waals surface area contributed by atoms with E-state index in [0.717, 1.165) is 11.4 Å². The first-order valence-corrected chi connectivity index (χ1v) is 14.9. The Labute approximate surface area is 260 Å². The zero-order chi connectivity index (χ0) is 32.9. The number of hydrogen-bond donors (Lipinski definition) is 4. The molecule has 0 spiro atoms. The Morgan fingerprint density at radius 2 is 1.39 bits per heavy atom. The normalized spacial score (nSPS) is 10.8. The largest absolute Gasteiger partial charge is 0.478 e. The smallest absolute Gasteiger partial charge is 0.335 e. The van der Waals surface area contributed by atoms with Crippen LogP contribution in [0.3, 0.4) is 0 Å². The molecule has 4 aromatic rings. The average Bonchev–Trinajstić information content (AvgIpc) is 3.53. The Morgan fingerprint density at radius 3 is 1.80 bits per heavy atom. The van der Waals surface area contributed by atoms with Crippen LogP contribution in [0.15, 0.2) is 60.8 Å². The molecule has 0 aliphatic carbocycles. The van der Waals surface area contributed by atoms with Gasteiger partial charge < -0.3 is 27.2 Å². The Morgan fingerprint density at radius 1 is 0.864 bits per heavy atom. The van der Waals surface area contributed by atoms with E-state index < -0.39 is 5.97 Å². The lowest BCUT2D eigenvalue weighted by Gasteiger charge is -2.19. The summed E-state index contributed by atoms with van der Waals surface area (Å²) in [6.45, 7) is 16.8. The summed E-state index contributed by atoms with van der Waals surface area (Å²) < 4.78 is 3.07. The van der Waals surface area contributed by atoms with Crippen LogP contribution >= 0.6 is 0 Å². The molecule has 0 amide bonds. The van der Waals surface area contributed by atoms with E-state index in [1.54, 1.807) is 16.8 Å². The summed E-state index contributed by atoms with van der Waals surface area (Å²) in [6.07, 6.45) is 5.24. The third-order valence-electron chi connectivity index (χ3n) is 6.58. The Kier molecular flexibility index (Phi) is 13.4. The van der Waals surface area contributed by atoms with Gasteiger partial charge in [-0.2, -0.15) is 15.5 Å². The molecule has 4 rings (SSSR count). The molecule has 2 aromatic carbocycles. The lowest BCUT2D eigenvalue weighted by atomic mass is 9.91. The van der Waals surface area contributed by atoms with Gasteiger partial charge in [0, 0.05) is 5.41 Å². The number of benzene rings is 2. The number of nitrogens with two attached hydrogens (primary N) is 3. The zero-order valence-electron chi connectivity index (χ0n) is 26.8. The minimum Gasteiger partial charge on any atom is -0.478 e. The van der Waals surface area contributed by atoms with E-state index in [-0.39, 0.29) is 22.4 Å². The van der Waals surface area contributed by atoms with E-state index in [4.69, 9.17) is 27.6 Å². The first kappa shape index (κ1) is 35.4. The van der Waals surface area contributed by atoms with E-state index in [1.165, 1.54) is 61.9 Å². The number of aromatic nitrogens is 4. The molecule has 2 aromatic heterocycles. The van der Waals surface area contributed by atoms with Crippen LogP contribution in [-0.2, 0) is 5.41 Å². The minimum atomic E-state index is -0.997. The number of carboxylic acid groups (broad SMARTS) is 1. The molecule has 0 aliphatic heterocycles. The van der Waals surface area contributed by atoms with Gasteiger partial charge in [0.25, 0.3) is 0 Å². The summed E-state index contributed by atoms with van der Waals surface area (Å²) in [5, 5.41) is 26.0. The number of aromatic carboxylic acids is 1. The van der Waals surface area contributed by atoms with Crippen molar-refractivity contribution >= 4 is 23.3 Å². The molecule has 0 saturated heterocycles. The third-order valence-corrected chi connectivity index (χ3v) is 6.58. The number of rotatable bonds is 9. The highest BCUT2D eigenvalue weighted by Gasteiger charge is 2.24. The SMILES string of the molecule is CC(C)(C)c1nn(-c2ccccc2)c(N)c1N.CCCN(CCC)CCC.N#Cc1cnn(-c2ccc(C(=O)O)cc2)c1N. The third kappa shape index (κ3) is 9.61. The molecule has 0 aliphatic rings. The first-order chi connectivity index (χ1) is 20.9. The van der Waals surface area contributed by atoms with E-state index in [2.05, 4.69) is 56.6 Å². The minimum absolute atomic E-state index is 0.113. The number of nitrogens with zero attached hydrogens (tertiary/aromatic N) is 6. The molecule has 0 unspecified atom stereocenters. The van der Waals surface area contributed by atoms with Crippen LogP contribution in [0.1, 0.15) is 82.4 Å². The summed E-state index contributed by atoms with van der Waals surface area (Å²) in [5.74, 6) is -0.264. The second kappa shape index (κ2) is 16.7. The van der Waals surface area contributed by atoms with Crippen LogP contribution in [0, 0.1) is 11.3 Å². The van der Waals surface area contributed by atoms with Gasteiger partial charge in [0.1, 0.15) is 17.5 Å². The van der Waals surface area contributed by atoms with E-state index in [9.17, 15) is 4.79 Å². The fourth-order valence-electron chi connectivity index (χ4n) is 4.44. The Balaban J connectivity index is 0.000000240. The van der Waals surface area contributed by atoms with E-state index in [0.29, 0.717) is 17.2 Å². The predicted octanol–water partition coefficient (Wildman–Crippen LogP) is 5.88. The fourth-order valence-corrected chi connectivity index (χ4v) is 4.44. The monoisotopic (exact) mass is 601 g/mol. The van der Waals surface area contributed by atoms with Crippen molar-refractivity contribution in [3.63, 3.8) is 0 Å². The summed E-state index contributed by atoms with van der Waals surface area (Å²) in [6, 6.07) is 17.7. The van der Waals surface area contributed by atoms with Crippen molar-refractivity contribution < 1.29 is 9.90 Å². The van der Waals surface area contributed by atoms with Crippen molar-refractivity contribution in [3.05, 3.63) is 77.6 Å². The summed E-state index contributed by atoms with van der Waals surface area (Å²) in [5.41, 5.74) is 21.0. The molecule has 0 fully saturated rings. The highest BCUT2D eigenvalue weighted by molar-refractivity contribution is 5.87. The van der Waals surface area contributed by atoms with Gasteiger partial charge in [0.05, 0.1) is 34.5 Å².